The van der Waals surface area contributed by atoms with Crippen LogP contribution < -0.4 is 10.5 Å². The Hall–Kier alpha value is -2.03. The van der Waals surface area contributed by atoms with Crippen LogP contribution in [0, 0.1) is 12.7 Å². The van der Waals surface area contributed by atoms with Gasteiger partial charge in [-0.05, 0) is 41.7 Å². The van der Waals surface area contributed by atoms with E-state index >= 15 is 0 Å². The van der Waals surface area contributed by atoms with E-state index < -0.39 is 5.82 Å². The highest BCUT2D eigenvalue weighted by molar-refractivity contribution is 5.43. The van der Waals surface area contributed by atoms with Crippen molar-refractivity contribution in [1.29, 1.82) is 0 Å². The molecule has 0 aliphatic carbocycles. The average molecular weight is 287 g/mol. The van der Waals surface area contributed by atoms with Gasteiger partial charge in [0.05, 0.1) is 5.69 Å². The van der Waals surface area contributed by atoms with Gasteiger partial charge in [0, 0.05) is 0 Å². The van der Waals surface area contributed by atoms with Gasteiger partial charge in [0.1, 0.15) is 18.2 Å². The first kappa shape index (κ1) is 15.4. The van der Waals surface area contributed by atoms with E-state index in [-0.39, 0.29) is 11.1 Å². The van der Waals surface area contributed by atoms with Crippen LogP contribution in [0.25, 0.3) is 0 Å². The van der Waals surface area contributed by atoms with Gasteiger partial charge in [0.2, 0.25) is 0 Å². The van der Waals surface area contributed by atoms with Crippen molar-refractivity contribution >= 4 is 5.69 Å². The molecular weight excluding hydrogens is 265 g/mol. The van der Waals surface area contributed by atoms with Crippen molar-refractivity contribution in [3.63, 3.8) is 0 Å². The normalized spacial score (nSPS) is 11.5. The maximum atomic E-state index is 13.4. The lowest BCUT2D eigenvalue weighted by atomic mass is 9.85. The molecule has 2 rings (SSSR count). The number of halogens is 1. The smallest absolute Gasteiger partial charge is 0.146 e. The number of anilines is 1. The minimum absolute atomic E-state index is 0.00623. The molecule has 0 atom stereocenters. The van der Waals surface area contributed by atoms with E-state index in [1.165, 1.54) is 11.6 Å². The molecule has 0 aromatic heterocycles. The van der Waals surface area contributed by atoms with E-state index in [4.69, 9.17) is 10.5 Å². The number of nitrogen functional groups attached to an aromatic ring is 1. The van der Waals surface area contributed by atoms with Gasteiger partial charge in [-0.1, -0.05) is 44.5 Å². The summed E-state index contributed by atoms with van der Waals surface area (Å²) >= 11 is 0. The summed E-state index contributed by atoms with van der Waals surface area (Å²) in [5, 5.41) is 0. The minimum Gasteiger partial charge on any atom is -0.489 e. The summed E-state index contributed by atoms with van der Waals surface area (Å²) in [5.41, 5.74) is 8.75. The summed E-state index contributed by atoms with van der Waals surface area (Å²) in [4.78, 5) is 0. The first-order valence-corrected chi connectivity index (χ1v) is 7.05. The van der Waals surface area contributed by atoms with Crippen molar-refractivity contribution in [3.05, 3.63) is 58.9 Å². The molecule has 0 saturated carbocycles. The molecule has 2 aromatic carbocycles. The number of aryl methyl sites for hydroxylation is 1. The van der Waals surface area contributed by atoms with E-state index in [0.717, 1.165) is 16.9 Å². The lowest BCUT2D eigenvalue weighted by molar-refractivity contribution is 0.297. The second-order valence-corrected chi connectivity index (χ2v) is 6.39. The lowest BCUT2D eigenvalue weighted by Gasteiger charge is -2.23. The molecule has 21 heavy (non-hydrogen) atoms. The Morgan fingerprint density at radius 3 is 2.43 bits per heavy atom. The summed E-state index contributed by atoms with van der Waals surface area (Å²) in [6.45, 7) is 8.84. The first-order chi connectivity index (χ1) is 9.77. The van der Waals surface area contributed by atoms with E-state index in [1.807, 2.05) is 12.1 Å². The van der Waals surface area contributed by atoms with Gasteiger partial charge in [0.25, 0.3) is 0 Å². The minimum atomic E-state index is -0.406. The number of benzene rings is 2. The van der Waals surface area contributed by atoms with Crippen molar-refractivity contribution in [2.75, 3.05) is 5.73 Å². The zero-order valence-electron chi connectivity index (χ0n) is 13.0. The molecule has 2 nitrogen and oxygen atoms in total. The van der Waals surface area contributed by atoms with E-state index in [0.29, 0.717) is 6.61 Å². The van der Waals surface area contributed by atoms with Crippen LogP contribution in [-0.2, 0) is 12.0 Å². The maximum Gasteiger partial charge on any atom is 0.146 e. The Labute approximate surface area is 125 Å². The van der Waals surface area contributed by atoms with Crippen LogP contribution in [0.4, 0.5) is 10.1 Å². The van der Waals surface area contributed by atoms with Crippen LogP contribution in [0.1, 0.15) is 37.5 Å². The van der Waals surface area contributed by atoms with Gasteiger partial charge < -0.3 is 10.5 Å². The fourth-order valence-corrected chi connectivity index (χ4v) is 2.18. The largest absolute Gasteiger partial charge is 0.489 e. The highest BCUT2D eigenvalue weighted by Gasteiger charge is 2.19. The first-order valence-electron chi connectivity index (χ1n) is 7.05. The van der Waals surface area contributed by atoms with Crippen LogP contribution in [0.3, 0.4) is 0 Å². The lowest BCUT2D eigenvalue weighted by Crippen LogP contribution is -2.13. The predicted molar refractivity (Wildman–Crippen MR) is 85.0 cm³/mol. The summed E-state index contributed by atoms with van der Waals surface area (Å²) in [5.74, 6) is 0.432. The Morgan fingerprint density at radius 1 is 1.10 bits per heavy atom. The van der Waals surface area contributed by atoms with Gasteiger partial charge in [-0.15, -0.1) is 0 Å². The third kappa shape index (κ3) is 3.75. The molecule has 112 valence electrons. The van der Waals surface area contributed by atoms with Crippen LogP contribution in [0.5, 0.6) is 5.75 Å². The molecule has 2 aromatic rings. The van der Waals surface area contributed by atoms with Crippen molar-refractivity contribution in [1.82, 2.24) is 0 Å². The molecule has 2 N–H and O–H groups in total. The topological polar surface area (TPSA) is 35.2 Å². The zero-order chi connectivity index (χ0) is 15.6. The number of nitrogens with two attached hydrogens (primary N) is 1. The molecule has 0 aliphatic heterocycles. The number of hydrogen-bond donors (Lipinski definition) is 1. The van der Waals surface area contributed by atoms with Crippen molar-refractivity contribution in [2.24, 2.45) is 0 Å². The van der Waals surface area contributed by atoms with Crippen molar-refractivity contribution in [2.45, 2.75) is 39.7 Å². The highest BCUT2D eigenvalue weighted by atomic mass is 19.1. The molecule has 3 heteroatoms. The van der Waals surface area contributed by atoms with Crippen LogP contribution in [0.2, 0.25) is 0 Å². The van der Waals surface area contributed by atoms with Crippen LogP contribution in [-0.4, -0.2) is 0 Å². The molecule has 0 radical (unpaired) electrons. The SMILES string of the molecule is Cc1ccc(OCc2ccc(N)c(F)c2)c(C(C)(C)C)c1. The number of hydrogen-bond acceptors (Lipinski definition) is 2. The van der Waals surface area contributed by atoms with Gasteiger partial charge in [0.15, 0.2) is 0 Å². The molecule has 0 saturated heterocycles. The standard InChI is InChI=1S/C18H22FNO/c1-12-5-8-17(14(9-12)18(2,3)4)21-11-13-6-7-16(20)15(19)10-13/h5-10H,11,20H2,1-4H3. The molecule has 0 unspecified atom stereocenters. The quantitative estimate of drug-likeness (QED) is 0.838. The molecular formula is C18H22FNO. The zero-order valence-corrected chi connectivity index (χ0v) is 13.0. The summed E-state index contributed by atoms with van der Waals surface area (Å²) in [6, 6.07) is 10.9. The van der Waals surface area contributed by atoms with E-state index in [1.54, 1.807) is 12.1 Å². The molecule has 0 amide bonds. The van der Waals surface area contributed by atoms with E-state index in [2.05, 4.69) is 33.8 Å². The highest BCUT2D eigenvalue weighted by Crippen LogP contribution is 2.32. The van der Waals surface area contributed by atoms with Crippen molar-refractivity contribution < 1.29 is 9.13 Å². The summed E-state index contributed by atoms with van der Waals surface area (Å²) in [7, 11) is 0. The van der Waals surface area contributed by atoms with Gasteiger partial charge >= 0.3 is 0 Å². The Kier molecular flexibility index (Phi) is 4.21. The molecule has 0 spiro atoms. The molecule has 0 bridgehead atoms. The molecule has 0 fully saturated rings. The van der Waals surface area contributed by atoms with Crippen LogP contribution >= 0.6 is 0 Å². The third-order valence-electron chi connectivity index (χ3n) is 3.40. The van der Waals surface area contributed by atoms with Gasteiger partial charge in [-0.25, -0.2) is 4.39 Å². The molecule has 0 heterocycles. The monoisotopic (exact) mass is 287 g/mol. The average Bonchev–Trinajstić information content (AvgIpc) is 2.40. The second-order valence-electron chi connectivity index (χ2n) is 6.39. The second kappa shape index (κ2) is 5.76. The fraction of sp³-hybridized carbons (Fsp3) is 0.333. The van der Waals surface area contributed by atoms with Gasteiger partial charge in [-0.2, -0.15) is 0 Å². The fourth-order valence-electron chi connectivity index (χ4n) is 2.18. The Morgan fingerprint density at radius 2 is 1.81 bits per heavy atom. The summed E-state index contributed by atoms with van der Waals surface area (Å²) < 4.78 is 19.3. The predicted octanol–water partition coefficient (Wildman–Crippen LogP) is 4.59. The maximum absolute atomic E-state index is 13.4. The Balaban J connectivity index is 2.22. The summed E-state index contributed by atoms with van der Waals surface area (Å²) in [6.07, 6.45) is 0. The third-order valence-corrected chi connectivity index (χ3v) is 3.40. The van der Waals surface area contributed by atoms with Gasteiger partial charge in [-0.3, -0.25) is 0 Å². The number of ether oxygens (including phenoxy) is 1. The molecule has 0 aliphatic rings. The number of rotatable bonds is 3. The van der Waals surface area contributed by atoms with Crippen LogP contribution in [0.15, 0.2) is 36.4 Å². The van der Waals surface area contributed by atoms with E-state index in [9.17, 15) is 4.39 Å². The van der Waals surface area contributed by atoms with Crippen molar-refractivity contribution in [3.8, 4) is 5.75 Å². The Bertz CT molecular complexity index is 644.